The van der Waals surface area contributed by atoms with Gasteiger partial charge in [0.05, 0.1) is 4.90 Å². The molecule has 3 rings (SSSR count). The van der Waals surface area contributed by atoms with Gasteiger partial charge in [0.25, 0.3) is 0 Å². The number of benzene rings is 2. The van der Waals surface area contributed by atoms with Crippen LogP contribution in [0.2, 0.25) is 0 Å². The predicted molar refractivity (Wildman–Crippen MR) is 130 cm³/mol. The number of aryl methyl sites for hydroxylation is 1. The van der Waals surface area contributed by atoms with E-state index < -0.39 is 9.84 Å². The highest BCUT2D eigenvalue weighted by Gasteiger charge is 2.44. The van der Waals surface area contributed by atoms with Crippen LogP contribution in [0, 0.1) is 6.92 Å². The third-order valence-electron chi connectivity index (χ3n) is 5.45. The first-order valence-electron chi connectivity index (χ1n) is 9.64. The number of halogens is 1. The van der Waals surface area contributed by atoms with Crippen molar-refractivity contribution in [2.24, 2.45) is 4.99 Å². The summed E-state index contributed by atoms with van der Waals surface area (Å²) >= 11 is 0. The van der Waals surface area contributed by atoms with Gasteiger partial charge in [-0.3, -0.25) is 4.99 Å². The third kappa shape index (κ3) is 6.18. The van der Waals surface area contributed by atoms with E-state index in [2.05, 4.69) is 46.8 Å². The Kier molecular flexibility index (Phi) is 8.10. The molecule has 0 bridgehead atoms. The Morgan fingerprint density at radius 1 is 1.07 bits per heavy atom. The maximum atomic E-state index is 11.5. The molecule has 0 unspecified atom stereocenters. The summed E-state index contributed by atoms with van der Waals surface area (Å²) in [6.07, 6.45) is 4.43. The SMILES string of the molecule is CN=C(NCCc1ccc(S(C)(=O)=O)cc1)NCC1(c2ccccc2C)CC1.I. The van der Waals surface area contributed by atoms with Crippen LogP contribution in [0.15, 0.2) is 58.4 Å². The molecule has 5 nitrogen and oxygen atoms in total. The van der Waals surface area contributed by atoms with Crippen LogP contribution < -0.4 is 10.6 Å². The first-order chi connectivity index (χ1) is 13.3. The molecule has 2 N–H and O–H groups in total. The standard InChI is InChI=1S/C22H29N3O2S.HI/c1-17-6-4-5-7-20(17)22(13-14-22)16-25-21(23-2)24-15-12-18-8-10-19(11-9-18)28(3,26)27;/h4-11H,12-16H2,1-3H3,(H2,23,24,25);1H. The number of guanidine groups is 1. The van der Waals surface area contributed by atoms with Crippen molar-refractivity contribution in [3.63, 3.8) is 0 Å². The minimum Gasteiger partial charge on any atom is -0.356 e. The van der Waals surface area contributed by atoms with Gasteiger partial charge in [0.2, 0.25) is 0 Å². The predicted octanol–water partition coefficient (Wildman–Crippen LogP) is 3.46. The van der Waals surface area contributed by atoms with E-state index in [1.807, 2.05) is 12.1 Å². The molecule has 1 aliphatic rings. The number of nitrogens with zero attached hydrogens (tertiary/aromatic N) is 1. The molecule has 0 saturated heterocycles. The minimum atomic E-state index is -3.14. The number of hydrogen-bond donors (Lipinski definition) is 2. The highest BCUT2D eigenvalue weighted by molar-refractivity contribution is 14.0. The van der Waals surface area contributed by atoms with Gasteiger partial charge in [-0.25, -0.2) is 8.42 Å². The lowest BCUT2D eigenvalue weighted by atomic mass is 9.92. The fourth-order valence-corrected chi connectivity index (χ4v) is 4.19. The lowest BCUT2D eigenvalue weighted by Gasteiger charge is -2.20. The molecular formula is C22H30IN3O2S. The van der Waals surface area contributed by atoms with Gasteiger partial charge in [-0.15, -0.1) is 24.0 Å². The van der Waals surface area contributed by atoms with Crippen molar-refractivity contribution in [2.75, 3.05) is 26.4 Å². The van der Waals surface area contributed by atoms with Crippen molar-refractivity contribution < 1.29 is 8.42 Å². The first kappa shape index (κ1) is 23.7. The van der Waals surface area contributed by atoms with E-state index in [-0.39, 0.29) is 29.4 Å². The molecule has 7 heteroatoms. The molecule has 2 aromatic rings. The summed E-state index contributed by atoms with van der Waals surface area (Å²) < 4.78 is 23.1. The van der Waals surface area contributed by atoms with E-state index in [0.29, 0.717) is 4.90 Å². The molecule has 0 aromatic heterocycles. The van der Waals surface area contributed by atoms with E-state index in [1.165, 1.54) is 30.2 Å². The summed E-state index contributed by atoms with van der Waals surface area (Å²) in [7, 11) is -1.36. The van der Waals surface area contributed by atoms with E-state index in [1.54, 1.807) is 19.2 Å². The maximum absolute atomic E-state index is 11.5. The fraction of sp³-hybridized carbons (Fsp3) is 0.409. The van der Waals surface area contributed by atoms with E-state index >= 15 is 0 Å². The molecule has 0 spiro atoms. The summed E-state index contributed by atoms with van der Waals surface area (Å²) in [6.45, 7) is 3.79. The zero-order chi connectivity index (χ0) is 20.2. The summed E-state index contributed by atoms with van der Waals surface area (Å²) in [6, 6.07) is 15.7. The minimum absolute atomic E-state index is 0. The monoisotopic (exact) mass is 527 g/mol. The van der Waals surface area contributed by atoms with E-state index in [4.69, 9.17) is 0 Å². The van der Waals surface area contributed by atoms with Gasteiger partial charge in [-0.05, 0) is 55.0 Å². The van der Waals surface area contributed by atoms with Gasteiger partial charge in [0.1, 0.15) is 0 Å². The third-order valence-corrected chi connectivity index (χ3v) is 6.57. The molecular weight excluding hydrogens is 497 g/mol. The second-order valence-corrected chi connectivity index (χ2v) is 9.63. The first-order valence-corrected chi connectivity index (χ1v) is 11.5. The fourth-order valence-electron chi connectivity index (χ4n) is 3.56. The van der Waals surface area contributed by atoms with Crippen molar-refractivity contribution in [3.8, 4) is 0 Å². The van der Waals surface area contributed by atoms with Crippen molar-refractivity contribution in [1.82, 2.24) is 10.6 Å². The van der Waals surface area contributed by atoms with Crippen molar-refractivity contribution in [3.05, 3.63) is 65.2 Å². The van der Waals surface area contributed by atoms with Crippen LogP contribution in [0.5, 0.6) is 0 Å². The van der Waals surface area contributed by atoms with Crippen LogP contribution in [-0.4, -0.2) is 40.8 Å². The van der Waals surface area contributed by atoms with Gasteiger partial charge < -0.3 is 10.6 Å². The molecule has 0 amide bonds. The Labute approximate surface area is 191 Å². The van der Waals surface area contributed by atoms with Crippen LogP contribution in [0.3, 0.4) is 0 Å². The Morgan fingerprint density at radius 3 is 2.28 bits per heavy atom. The second kappa shape index (κ2) is 9.93. The molecule has 158 valence electrons. The molecule has 0 aliphatic heterocycles. The molecule has 29 heavy (non-hydrogen) atoms. The molecule has 1 saturated carbocycles. The lowest BCUT2D eigenvalue weighted by Crippen LogP contribution is -2.42. The highest BCUT2D eigenvalue weighted by Crippen LogP contribution is 2.48. The Balaban J connectivity index is 0.00000300. The lowest BCUT2D eigenvalue weighted by molar-refractivity contribution is 0.602. The van der Waals surface area contributed by atoms with Crippen LogP contribution in [0.25, 0.3) is 0 Å². The molecule has 1 fully saturated rings. The van der Waals surface area contributed by atoms with E-state index in [9.17, 15) is 8.42 Å². The summed E-state index contributed by atoms with van der Waals surface area (Å²) in [5.74, 6) is 0.799. The number of rotatable bonds is 7. The van der Waals surface area contributed by atoms with Gasteiger partial charge in [-0.2, -0.15) is 0 Å². The Morgan fingerprint density at radius 2 is 1.72 bits per heavy atom. The molecule has 1 aliphatic carbocycles. The number of sulfone groups is 1. The van der Waals surface area contributed by atoms with Gasteiger partial charge >= 0.3 is 0 Å². The van der Waals surface area contributed by atoms with Gasteiger partial charge in [0, 0.05) is 31.8 Å². The summed E-state index contributed by atoms with van der Waals surface area (Å²) in [4.78, 5) is 4.68. The zero-order valence-electron chi connectivity index (χ0n) is 17.2. The maximum Gasteiger partial charge on any atom is 0.191 e. The second-order valence-electron chi connectivity index (χ2n) is 7.61. The quantitative estimate of drug-likeness (QED) is 0.329. The highest BCUT2D eigenvalue weighted by atomic mass is 127. The number of hydrogen-bond acceptors (Lipinski definition) is 3. The van der Waals surface area contributed by atoms with Gasteiger partial charge in [0.15, 0.2) is 15.8 Å². The Hall–Kier alpha value is -1.61. The van der Waals surface area contributed by atoms with Crippen molar-refractivity contribution in [2.45, 2.75) is 36.5 Å². The molecule has 2 aromatic carbocycles. The molecule has 0 heterocycles. The van der Waals surface area contributed by atoms with Gasteiger partial charge in [-0.1, -0.05) is 36.4 Å². The normalized spacial score (nSPS) is 15.3. The summed E-state index contributed by atoms with van der Waals surface area (Å²) in [5.41, 5.74) is 4.10. The smallest absolute Gasteiger partial charge is 0.191 e. The van der Waals surface area contributed by atoms with Crippen molar-refractivity contribution in [1.29, 1.82) is 0 Å². The number of nitrogens with one attached hydrogen (secondary N) is 2. The largest absolute Gasteiger partial charge is 0.356 e. The van der Waals surface area contributed by atoms with Crippen LogP contribution >= 0.6 is 24.0 Å². The van der Waals surface area contributed by atoms with Crippen molar-refractivity contribution >= 4 is 39.8 Å². The van der Waals surface area contributed by atoms with Crippen LogP contribution in [-0.2, 0) is 21.7 Å². The molecule has 0 atom stereocenters. The van der Waals surface area contributed by atoms with Crippen LogP contribution in [0.1, 0.15) is 29.5 Å². The molecule has 0 radical (unpaired) electrons. The Bertz CT molecular complexity index is 952. The topological polar surface area (TPSA) is 70.6 Å². The average molecular weight is 527 g/mol. The number of aliphatic imine (C=N–C) groups is 1. The summed E-state index contributed by atoms with van der Waals surface area (Å²) in [5, 5.41) is 6.82. The average Bonchev–Trinajstić information content (AvgIpc) is 3.45. The van der Waals surface area contributed by atoms with E-state index in [0.717, 1.165) is 31.0 Å². The zero-order valence-corrected chi connectivity index (χ0v) is 20.4. The van der Waals surface area contributed by atoms with Crippen LogP contribution in [0.4, 0.5) is 0 Å².